The molecule has 0 aromatic heterocycles. The van der Waals surface area contributed by atoms with Crippen molar-refractivity contribution in [3.63, 3.8) is 0 Å². The highest BCUT2D eigenvalue weighted by Crippen LogP contribution is 2.39. The van der Waals surface area contributed by atoms with Crippen molar-refractivity contribution in [1.29, 1.82) is 0 Å². The summed E-state index contributed by atoms with van der Waals surface area (Å²) in [7, 11) is -47.6. The lowest BCUT2D eigenvalue weighted by Crippen LogP contribution is -2.57. The van der Waals surface area contributed by atoms with Crippen LogP contribution < -0.4 is 0 Å². The lowest BCUT2D eigenvalue weighted by atomic mass is 10.3. The standard InChI is InChI=1S/C13H14F18N4O12S6/c1-7(35(52(44,45)12(26,27)28)53(46,47)13(29,30)31)6-32(2-4-33(48(36,37)8(14,15)16)49(38,39)9(17,18)19)3-5-34(50(40,41)10(20,21)22)51(42,43)11(23,24)25/h7H,2-6H2,1H3. The van der Waals surface area contributed by atoms with Gasteiger partial charge in [-0.1, -0.05) is 11.1 Å². The molecule has 0 saturated carbocycles. The molecule has 0 saturated heterocycles. The predicted octanol–water partition coefficient (Wildman–Crippen LogP) is 1.68. The molecule has 0 spiro atoms. The van der Waals surface area contributed by atoms with E-state index in [1.54, 1.807) is 0 Å². The van der Waals surface area contributed by atoms with E-state index >= 15 is 0 Å². The molecular weight excluding hydrogens is 939 g/mol. The molecule has 0 heterocycles. The Bertz CT molecular complexity index is 1770. The quantitative estimate of drug-likeness (QED) is 0.214. The maximum atomic E-state index is 13.2. The van der Waals surface area contributed by atoms with Crippen LogP contribution in [0.15, 0.2) is 0 Å². The van der Waals surface area contributed by atoms with Gasteiger partial charge < -0.3 is 0 Å². The molecule has 0 rings (SSSR count). The summed E-state index contributed by atoms with van der Waals surface area (Å²) in [5.41, 5.74) is -42.7. The summed E-state index contributed by atoms with van der Waals surface area (Å²) in [6, 6.07) is -3.76. The number of nitrogens with zero attached hydrogens (tertiary/aromatic N) is 4. The Labute approximate surface area is 284 Å². The predicted molar refractivity (Wildman–Crippen MR) is 131 cm³/mol. The van der Waals surface area contributed by atoms with E-state index in [1.165, 1.54) is 0 Å². The van der Waals surface area contributed by atoms with Gasteiger partial charge in [-0.05, 0) is 6.92 Å². The van der Waals surface area contributed by atoms with Crippen LogP contribution in [0.5, 0.6) is 0 Å². The van der Waals surface area contributed by atoms with Crippen molar-refractivity contribution >= 4 is 60.1 Å². The summed E-state index contributed by atoms with van der Waals surface area (Å²) in [6.45, 7) is -14.5. The zero-order valence-corrected chi connectivity index (χ0v) is 29.0. The van der Waals surface area contributed by atoms with Gasteiger partial charge in [0.05, 0.1) is 6.04 Å². The van der Waals surface area contributed by atoms with E-state index in [2.05, 4.69) is 0 Å². The maximum absolute atomic E-state index is 13.2. The summed E-state index contributed by atoms with van der Waals surface area (Å²) in [4.78, 5) is -0.926. The summed E-state index contributed by atoms with van der Waals surface area (Å²) in [5.74, 6) is 0. The second kappa shape index (κ2) is 15.0. The molecule has 0 amide bonds. The number of sulfonamides is 6. The Hall–Kier alpha value is -1.72. The average molecular weight is 953 g/mol. The van der Waals surface area contributed by atoms with E-state index in [0.29, 0.717) is 0 Å². The highest BCUT2D eigenvalue weighted by molar-refractivity contribution is 8.05. The lowest BCUT2D eigenvalue weighted by Gasteiger charge is -2.34. The minimum absolute atomic E-state index is 0.424. The molecule has 0 N–H and O–H groups in total. The van der Waals surface area contributed by atoms with Crippen LogP contribution in [0.3, 0.4) is 0 Å². The fraction of sp³-hybridized carbons (Fsp3) is 1.00. The van der Waals surface area contributed by atoms with Gasteiger partial charge in [-0.25, -0.2) is 50.5 Å². The van der Waals surface area contributed by atoms with Crippen LogP contribution in [-0.2, 0) is 60.1 Å². The van der Waals surface area contributed by atoms with Crippen molar-refractivity contribution in [1.82, 2.24) is 16.0 Å². The van der Waals surface area contributed by atoms with Gasteiger partial charge >= 0.3 is 93.2 Å². The van der Waals surface area contributed by atoms with Crippen molar-refractivity contribution in [2.75, 3.05) is 32.7 Å². The molecule has 0 aromatic carbocycles. The van der Waals surface area contributed by atoms with Gasteiger partial charge in [0.1, 0.15) is 0 Å². The summed E-state index contributed by atoms with van der Waals surface area (Å²) < 4.78 is 369. The van der Waals surface area contributed by atoms with Crippen LogP contribution in [0, 0.1) is 0 Å². The molecule has 0 aliphatic rings. The third kappa shape index (κ3) is 10.4. The van der Waals surface area contributed by atoms with E-state index in [1.807, 2.05) is 0 Å². The molecule has 320 valence electrons. The Morgan fingerprint density at radius 2 is 0.547 bits per heavy atom. The fourth-order valence-corrected chi connectivity index (χ4v) is 11.5. The summed E-state index contributed by atoms with van der Waals surface area (Å²) in [6.07, 6.45) is 0. The van der Waals surface area contributed by atoms with E-state index in [-0.39, 0.29) is 0 Å². The van der Waals surface area contributed by atoms with Crippen LogP contribution in [0.1, 0.15) is 6.92 Å². The van der Waals surface area contributed by atoms with Crippen molar-refractivity contribution in [3.05, 3.63) is 0 Å². The molecule has 0 aliphatic heterocycles. The molecule has 0 bridgehead atoms. The average Bonchev–Trinajstić information content (AvgIpc) is 2.83. The zero-order chi connectivity index (χ0) is 43.4. The first-order chi connectivity index (χ1) is 22.6. The van der Waals surface area contributed by atoms with Gasteiger partial charge in [-0.2, -0.15) is 79.0 Å². The highest BCUT2D eigenvalue weighted by Gasteiger charge is 2.65. The van der Waals surface area contributed by atoms with E-state index in [4.69, 9.17) is 0 Å². The molecule has 16 nitrogen and oxygen atoms in total. The molecule has 1 unspecified atom stereocenters. The Morgan fingerprint density at radius 3 is 0.717 bits per heavy atom. The number of hydrogen-bond acceptors (Lipinski definition) is 13. The number of halogens is 18. The van der Waals surface area contributed by atoms with Gasteiger partial charge in [0.15, 0.2) is 0 Å². The first-order valence-electron chi connectivity index (χ1n) is 11.5. The Kier molecular flexibility index (Phi) is 14.5. The Morgan fingerprint density at radius 1 is 0.358 bits per heavy atom. The second-order valence-electron chi connectivity index (χ2n) is 9.07. The van der Waals surface area contributed by atoms with Gasteiger partial charge in [0, 0.05) is 32.7 Å². The molecule has 0 fully saturated rings. The van der Waals surface area contributed by atoms with E-state index < -0.39 is 155 Å². The largest absolute Gasteiger partial charge is 0.512 e. The van der Waals surface area contributed by atoms with Gasteiger partial charge in [-0.3, -0.25) is 4.90 Å². The zero-order valence-electron chi connectivity index (χ0n) is 24.1. The van der Waals surface area contributed by atoms with Crippen LogP contribution in [0.4, 0.5) is 79.0 Å². The number of alkyl halides is 18. The van der Waals surface area contributed by atoms with Gasteiger partial charge in [0.2, 0.25) is 0 Å². The van der Waals surface area contributed by atoms with E-state index in [0.717, 1.165) is 0 Å². The molecule has 0 radical (unpaired) electrons. The third-order valence-electron chi connectivity index (χ3n) is 5.38. The molecule has 0 aliphatic carbocycles. The highest BCUT2D eigenvalue weighted by atomic mass is 32.3. The van der Waals surface area contributed by atoms with Crippen LogP contribution in [-0.4, -0.2) is 138 Å². The van der Waals surface area contributed by atoms with Gasteiger partial charge in [-0.15, -0.1) is 0 Å². The fourth-order valence-electron chi connectivity index (χ4n) is 3.19. The Balaban J connectivity index is 7.87. The van der Waals surface area contributed by atoms with Crippen LogP contribution in [0.2, 0.25) is 0 Å². The first-order valence-corrected chi connectivity index (χ1v) is 20.2. The molecule has 53 heavy (non-hydrogen) atoms. The van der Waals surface area contributed by atoms with Crippen LogP contribution >= 0.6 is 0 Å². The summed E-state index contributed by atoms with van der Waals surface area (Å²) >= 11 is 0. The van der Waals surface area contributed by atoms with E-state index in [9.17, 15) is 130 Å². The van der Waals surface area contributed by atoms with Crippen molar-refractivity contribution in [3.8, 4) is 0 Å². The number of hydrogen-bond donors (Lipinski definition) is 0. The van der Waals surface area contributed by atoms with Crippen molar-refractivity contribution < 1.29 is 130 Å². The van der Waals surface area contributed by atoms with Crippen molar-refractivity contribution in [2.45, 2.75) is 46.0 Å². The molecule has 40 heteroatoms. The van der Waals surface area contributed by atoms with Gasteiger partial charge in [0.25, 0.3) is 0 Å². The monoisotopic (exact) mass is 952 g/mol. The maximum Gasteiger partial charge on any atom is 0.512 e. The van der Waals surface area contributed by atoms with Crippen LogP contribution in [0.25, 0.3) is 0 Å². The molecule has 1 atom stereocenters. The molecule has 0 aromatic rings. The minimum Gasteiger partial charge on any atom is -0.299 e. The normalized spacial score (nSPS) is 16.6. The molecular formula is C13H14F18N4O12S6. The third-order valence-corrected chi connectivity index (χ3v) is 17.0. The van der Waals surface area contributed by atoms with Crippen molar-refractivity contribution in [2.24, 2.45) is 0 Å². The topological polar surface area (TPSA) is 218 Å². The lowest BCUT2D eigenvalue weighted by molar-refractivity contribution is -0.0548. The second-order valence-corrected chi connectivity index (χ2v) is 20.8. The SMILES string of the molecule is CC(CN(CCN(S(=O)(=O)C(F)(F)F)S(=O)(=O)C(F)(F)F)CCN(S(=O)(=O)C(F)(F)F)S(=O)(=O)C(F)(F)F)N(S(=O)(=O)C(F)(F)F)S(=O)(=O)C(F)(F)F. The smallest absolute Gasteiger partial charge is 0.299 e. The minimum atomic E-state index is -7.96. The number of rotatable bonds is 15. The summed E-state index contributed by atoms with van der Waals surface area (Å²) in [5, 5.41) is 0. The first kappa shape index (κ1) is 51.3.